The van der Waals surface area contributed by atoms with Gasteiger partial charge in [0.15, 0.2) is 0 Å². The SMILES string of the molecule is CNc1cc2nc3cc(Br)c(Br)cc3nc2cc1NC. The van der Waals surface area contributed by atoms with Crippen LogP contribution in [0.3, 0.4) is 0 Å². The summed E-state index contributed by atoms with van der Waals surface area (Å²) in [6.45, 7) is 0. The molecule has 0 aliphatic rings. The third-order valence-corrected chi connectivity index (χ3v) is 5.00. The molecule has 0 unspecified atom stereocenters. The van der Waals surface area contributed by atoms with Gasteiger partial charge >= 0.3 is 0 Å². The zero-order valence-corrected chi connectivity index (χ0v) is 14.1. The topological polar surface area (TPSA) is 49.8 Å². The van der Waals surface area contributed by atoms with Gasteiger partial charge in [-0.15, -0.1) is 0 Å². The highest BCUT2D eigenvalue weighted by atomic mass is 79.9. The number of nitrogens with one attached hydrogen (secondary N) is 2. The number of aromatic nitrogens is 2. The second kappa shape index (κ2) is 5.18. The Morgan fingerprint density at radius 3 is 1.40 bits per heavy atom. The first kappa shape index (κ1) is 13.6. The Labute approximate surface area is 133 Å². The molecule has 20 heavy (non-hydrogen) atoms. The number of anilines is 2. The van der Waals surface area contributed by atoms with Crippen molar-refractivity contribution in [2.24, 2.45) is 0 Å². The Balaban J connectivity index is 2.35. The van der Waals surface area contributed by atoms with Gasteiger partial charge in [0.25, 0.3) is 0 Å². The Morgan fingerprint density at radius 1 is 0.700 bits per heavy atom. The van der Waals surface area contributed by atoms with Crippen LogP contribution < -0.4 is 10.6 Å². The summed E-state index contributed by atoms with van der Waals surface area (Å²) in [5, 5.41) is 6.32. The van der Waals surface area contributed by atoms with E-state index < -0.39 is 0 Å². The maximum atomic E-state index is 4.68. The first-order valence-electron chi connectivity index (χ1n) is 6.08. The molecule has 1 heterocycles. The van der Waals surface area contributed by atoms with Crippen molar-refractivity contribution < 1.29 is 0 Å². The van der Waals surface area contributed by atoms with Gasteiger partial charge in [-0.2, -0.15) is 0 Å². The summed E-state index contributed by atoms with van der Waals surface area (Å²) in [7, 11) is 3.79. The quantitative estimate of drug-likeness (QED) is 0.631. The lowest BCUT2D eigenvalue weighted by molar-refractivity contribution is 1.37. The lowest BCUT2D eigenvalue weighted by atomic mass is 10.2. The van der Waals surface area contributed by atoms with E-state index in [9.17, 15) is 0 Å². The minimum atomic E-state index is 0.867. The fourth-order valence-electron chi connectivity index (χ4n) is 2.13. The van der Waals surface area contributed by atoms with Crippen molar-refractivity contribution in [3.8, 4) is 0 Å². The second-order valence-electron chi connectivity index (χ2n) is 4.37. The summed E-state index contributed by atoms with van der Waals surface area (Å²) in [5.74, 6) is 0. The molecule has 1 aromatic heterocycles. The molecule has 0 aliphatic heterocycles. The number of benzene rings is 2. The summed E-state index contributed by atoms with van der Waals surface area (Å²) < 4.78 is 1.94. The van der Waals surface area contributed by atoms with Crippen LogP contribution in [0.25, 0.3) is 22.1 Å². The fourth-order valence-corrected chi connectivity index (χ4v) is 2.80. The Kier molecular flexibility index (Phi) is 3.52. The van der Waals surface area contributed by atoms with E-state index in [4.69, 9.17) is 0 Å². The Hall–Kier alpha value is -1.40. The molecule has 0 atom stereocenters. The van der Waals surface area contributed by atoms with Gasteiger partial charge in [-0.25, -0.2) is 9.97 Å². The molecule has 0 fully saturated rings. The van der Waals surface area contributed by atoms with E-state index in [-0.39, 0.29) is 0 Å². The van der Waals surface area contributed by atoms with Crippen molar-refractivity contribution in [3.05, 3.63) is 33.2 Å². The molecule has 0 saturated carbocycles. The van der Waals surface area contributed by atoms with Gasteiger partial charge in [0.2, 0.25) is 0 Å². The van der Waals surface area contributed by atoms with Crippen LogP contribution in [0.2, 0.25) is 0 Å². The molecule has 3 aromatic rings. The zero-order chi connectivity index (χ0) is 14.3. The minimum Gasteiger partial charge on any atom is -0.386 e. The van der Waals surface area contributed by atoms with Crippen molar-refractivity contribution in [3.63, 3.8) is 0 Å². The maximum absolute atomic E-state index is 4.68. The third kappa shape index (κ3) is 2.23. The van der Waals surface area contributed by atoms with E-state index in [1.54, 1.807) is 0 Å². The first-order chi connectivity index (χ1) is 9.62. The molecule has 0 saturated heterocycles. The third-order valence-electron chi connectivity index (χ3n) is 3.15. The highest BCUT2D eigenvalue weighted by molar-refractivity contribution is 9.13. The van der Waals surface area contributed by atoms with Crippen LogP contribution in [0.4, 0.5) is 11.4 Å². The van der Waals surface area contributed by atoms with Crippen molar-refractivity contribution in [2.45, 2.75) is 0 Å². The van der Waals surface area contributed by atoms with Crippen molar-refractivity contribution in [1.82, 2.24) is 9.97 Å². The van der Waals surface area contributed by atoms with Crippen molar-refractivity contribution in [2.75, 3.05) is 24.7 Å². The van der Waals surface area contributed by atoms with Gasteiger partial charge in [0.05, 0.1) is 33.4 Å². The number of hydrogen-bond acceptors (Lipinski definition) is 4. The molecule has 0 spiro atoms. The molecule has 4 nitrogen and oxygen atoms in total. The number of hydrogen-bond donors (Lipinski definition) is 2. The molecule has 0 bridgehead atoms. The zero-order valence-electron chi connectivity index (χ0n) is 11.0. The molecule has 0 radical (unpaired) electrons. The average Bonchev–Trinajstić information content (AvgIpc) is 2.45. The standard InChI is InChI=1S/C14H12Br2N4/c1-17-9-5-13-14(6-10(9)18-2)20-12-4-8(16)7(15)3-11(12)19-13/h3-6,17-18H,1-2H3. The van der Waals surface area contributed by atoms with Gasteiger partial charge in [0, 0.05) is 23.0 Å². The smallest absolute Gasteiger partial charge is 0.0916 e. The fraction of sp³-hybridized carbons (Fsp3) is 0.143. The number of halogens is 2. The monoisotopic (exact) mass is 394 g/mol. The lowest BCUT2D eigenvalue weighted by Crippen LogP contribution is -1.98. The molecular weight excluding hydrogens is 384 g/mol. The summed E-state index contributed by atoms with van der Waals surface area (Å²) in [5.41, 5.74) is 5.48. The number of nitrogens with zero attached hydrogens (tertiary/aromatic N) is 2. The van der Waals surface area contributed by atoms with E-state index >= 15 is 0 Å². The van der Waals surface area contributed by atoms with E-state index in [0.29, 0.717) is 0 Å². The summed E-state index contributed by atoms with van der Waals surface area (Å²) in [4.78, 5) is 9.37. The van der Waals surface area contributed by atoms with Crippen LogP contribution in [-0.2, 0) is 0 Å². The van der Waals surface area contributed by atoms with Crippen LogP contribution in [0.15, 0.2) is 33.2 Å². The van der Waals surface area contributed by atoms with Crippen LogP contribution >= 0.6 is 31.9 Å². The van der Waals surface area contributed by atoms with Gasteiger partial charge in [0.1, 0.15) is 0 Å². The summed E-state index contributed by atoms with van der Waals surface area (Å²) in [6, 6.07) is 7.95. The van der Waals surface area contributed by atoms with E-state index in [2.05, 4.69) is 52.5 Å². The van der Waals surface area contributed by atoms with Crippen LogP contribution in [0.5, 0.6) is 0 Å². The molecule has 102 valence electrons. The molecular formula is C14H12Br2N4. The van der Waals surface area contributed by atoms with Crippen LogP contribution in [-0.4, -0.2) is 24.1 Å². The predicted molar refractivity (Wildman–Crippen MR) is 91.5 cm³/mol. The van der Waals surface area contributed by atoms with E-state index in [0.717, 1.165) is 42.4 Å². The molecule has 3 rings (SSSR count). The predicted octanol–water partition coefficient (Wildman–Crippen LogP) is 4.39. The molecule has 2 aromatic carbocycles. The molecule has 0 amide bonds. The van der Waals surface area contributed by atoms with Crippen molar-refractivity contribution in [1.29, 1.82) is 0 Å². The largest absolute Gasteiger partial charge is 0.386 e. The van der Waals surface area contributed by atoms with Gasteiger partial charge < -0.3 is 10.6 Å². The van der Waals surface area contributed by atoms with E-state index in [1.165, 1.54) is 0 Å². The van der Waals surface area contributed by atoms with Gasteiger partial charge in [-0.3, -0.25) is 0 Å². The summed E-state index contributed by atoms with van der Waals surface area (Å²) in [6.07, 6.45) is 0. The van der Waals surface area contributed by atoms with E-state index in [1.807, 2.05) is 38.4 Å². The lowest BCUT2D eigenvalue weighted by Gasteiger charge is -2.10. The number of rotatable bonds is 2. The first-order valence-corrected chi connectivity index (χ1v) is 7.67. The van der Waals surface area contributed by atoms with Crippen LogP contribution in [0, 0.1) is 0 Å². The Bertz CT molecular complexity index is 749. The van der Waals surface area contributed by atoms with Crippen molar-refractivity contribution >= 4 is 65.3 Å². The minimum absolute atomic E-state index is 0.867. The second-order valence-corrected chi connectivity index (χ2v) is 6.07. The number of fused-ring (bicyclic) bond motifs is 2. The Morgan fingerprint density at radius 2 is 1.05 bits per heavy atom. The average molecular weight is 396 g/mol. The molecule has 0 aliphatic carbocycles. The molecule has 6 heteroatoms. The van der Waals surface area contributed by atoms with Gasteiger partial charge in [-0.1, -0.05) is 0 Å². The highest BCUT2D eigenvalue weighted by Gasteiger charge is 2.08. The molecule has 2 N–H and O–H groups in total. The highest BCUT2D eigenvalue weighted by Crippen LogP contribution is 2.30. The normalized spacial score (nSPS) is 11.0. The van der Waals surface area contributed by atoms with Crippen LogP contribution in [0.1, 0.15) is 0 Å². The summed E-state index contributed by atoms with van der Waals surface area (Å²) >= 11 is 6.99. The van der Waals surface area contributed by atoms with Gasteiger partial charge in [-0.05, 0) is 56.1 Å². The maximum Gasteiger partial charge on any atom is 0.0916 e.